The number of nitrogen functional groups attached to an aromatic ring is 1. The molecule has 1 aliphatic heterocycles. The van der Waals surface area contributed by atoms with Crippen molar-refractivity contribution < 1.29 is 9.90 Å². The molecule has 2 aliphatic rings. The van der Waals surface area contributed by atoms with Gasteiger partial charge in [-0.1, -0.05) is 29.8 Å². The highest BCUT2D eigenvalue weighted by Gasteiger charge is 2.47. The Morgan fingerprint density at radius 3 is 2.64 bits per heavy atom. The molecular weight excluding hydrogens is 378 g/mol. The second-order valence-corrected chi connectivity index (χ2v) is 8.60. The van der Waals surface area contributed by atoms with Gasteiger partial charge in [-0.3, -0.25) is 0 Å². The van der Waals surface area contributed by atoms with Crippen LogP contribution < -0.4 is 16.0 Å². The lowest BCUT2D eigenvalue weighted by Gasteiger charge is -2.27. The van der Waals surface area contributed by atoms with Gasteiger partial charge in [0, 0.05) is 24.2 Å². The van der Waals surface area contributed by atoms with Crippen LogP contribution in [0.25, 0.3) is 11.3 Å². The molecule has 4 N–H and O–H groups in total. The molecule has 4 rings (SSSR count). The fourth-order valence-electron chi connectivity index (χ4n) is 4.77. The lowest BCUT2D eigenvalue weighted by Crippen LogP contribution is -2.44. The maximum atomic E-state index is 11.0. The Bertz CT molecular complexity index is 921. The van der Waals surface area contributed by atoms with Crippen LogP contribution in [0.2, 0.25) is 5.02 Å². The van der Waals surface area contributed by atoms with Gasteiger partial charge in [-0.25, -0.2) is 14.8 Å². The minimum Gasteiger partial charge on any atom is -0.465 e. The zero-order valence-electron chi connectivity index (χ0n) is 15.9. The number of halogens is 1. The standard InChI is InChI=1S/C20H24ClN5O2/c1-11-4-3-5-14(16(11)21)17-18(22)24-15(8-23-17)26-9-12-6-20(2,25-19(27)28)7-13(12)10-26/h3-5,8,12-13,25H,6-7,9-10H2,1-2H3,(H2,22,24)(H,27,28)/t12-,13+,20?. The van der Waals surface area contributed by atoms with Gasteiger partial charge < -0.3 is 21.1 Å². The number of hydrogen-bond donors (Lipinski definition) is 3. The number of anilines is 2. The highest BCUT2D eigenvalue weighted by atomic mass is 35.5. The number of carboxylic acid groups (broad SMARTS) is 1. The number of aryl methyl sites for hydroxylation is 1. The monoisotopic (exact) mass is 401 g/mol. The van der Waals surface area contributed by atoms with Crippen molar-refractivity contribution in [2.24, 2.45) is 11.8 Å². The molecule has 148 valence electrons. The van der Waals surface area contributed by atoms with E-state index in [9.17, 15) is 4.79 Å². The summed E-state index contributed by atoms with van der Waals surface area (Å²) in [5.74, 6) is 1.99. The second kappa shape index (κ2) is 6.81. The molecule has 28 heavy (non-hydrogen) atoms. The maximum absolute atomic E-state index is 11.0. The van der Waals surface area contributed by atoms with Crippen LogP contribution in [0.5, 0.6) is 0 Å². The van der Waals surface area contributed by atoms with Crippen molar-refractivity contribution in [2.75, 3.05) is 23.7 Å². The van der Waals surface area contributed by atoms with Crippen LogP contribution in [-0.2, 0) is 0 Å². The lowest BCUT2D eigenvalue weighted by atomic mass is 9.98. The fourth-order valence-corrected chi connectivity index (χ4v) is 4.99. The summed E-state index contributed by atoms with van der Waals surface area (Å²) in [6, 6.07) is 5.76. The van der Waals surface area contributed by atoms with Crippen LogP contribution >= 0.6 is 11.6 Å². The molecular formula is C20H24ClN5O2. The molecule has 0 radical (unpaired) electrons. The van der Waals surface area contributed by atoms with Crippen LogP contribution in [0, 0.1) is 18.8 Å². The molecule has 1 aromatic heterocycles. The van der Waals surface area contributed by atoms with Gasteiger partial charge in [0.25, 0.3) is 0 Å². The molecule has 7 nitrogen and oxygen atoms in total. The maximum Gasteiger partial charge on any atom is 0.405 e. The molecule has 1 amide bonds. The summed E-state index contributed by atoms with van der Waals surface area (Å²) >= 11 is 6.41. The van der Waals surface area contributed by atoms with E-state index in [4.69, 9.17) is 22.4 Å². The molecule has 1 aromatic carbocycles. The van der Waals surface area contributed by atoms with Crippen LogP contribution in [0.4, 0.5) is 16.4 Å². The van der Waals surface area contributed by atoms with Crippen molar-refractivity contribution in [3.8, 4) is 11.3 Å². The largest absolute Gasteiger partial charge is 0.465 e. The first-order valence-electron chi connectivity index (χ1n) is 9.40. The number of aromatic nitrogens is 2. The van der Waals surface area contributed by atoms with Gasteiger partial charge in [0.15, 0.2) is 5.82 Å². The topological polar surface area (TPSA) is 104 Å². The molecule has 1 unspecified atom stereocenters. The predicted molar refractivity (Wildman–Crippen MR) is 110 cm³/mol. The molecule has 3 atom stereocenters. The van der Waals surface area contributed by atoms with Crippen molar-refractivity contribution >= 4 is 29.3 Å². The predicted octanol–water partition coefficient (Wildman–Crippen LogP) is 3.56. The first kappa shape index (κ1) is 18.8. The van der Waals surface area contributed by atoms with E-state index in [1.165, 1.54) is 0 Å². The van der Waals surface area contributed by atoms with Gasteiger partial charge in [0.2, 0.25) is 0 Å². The Labute approximate surface area is 168 Å². The number of nitrogens with zero attached hydrogens (tertiary/aromatic N) is 3. The molecule has 1 aliphatic carbocycles. The van der Waals surface area contributed by atoms with Crippen molar-refractivity contribution in [2.45, 2.75) is 32.2 Å². The number of rotatable bonds is 3. The van der Waals surface area contributed by atoms with E-state index in [1.54, 1.807) is 6.20 Å². The van der Waals surface area contributed by atoms with E-state index in [0.29, 0.717) is 28.4 Å². The number of nitrogens with two attached hydrogens (primary N) is 1. The number of benzene rings is 1. The normalized spacial score (nSPS) is 26.3. The summed E-state index contributed by atoms with van der Waals surface area (Å²) in [6.45, 7) is 5.60. The zero-order chi connectivity index (χ0) is 20.1. The van der Waals surface area contributed by atoms with E-state index >= 15 is 0 Å². The molecule has 1 saturated carbocycles. The second-order valence-electron chi connectivity index (χ2n) is 8.22. The Morgan fingerprint density at radius 2 is 2.04 bits per heavy atom. The average Bonchev–Trinajstić information content (AvgIpc) is 3.11. The van der Waals surface area contributed by atoms with Crippen LogP contribution in [0.3, 0.4) is 0 Å². The Hall–Kier alpha value is -2.54. The Kier molecular flexibility index (Phi) is 4.57. The first-order chi connectivity index (χ1) is 13.3. The van der Waals surface area contributed by atoms with E-state index in [2.05, 4.69) is 20.2 Å². The summed E-state index contributed by atoms with van der Waals surface area (Å²) < 4.78 is 0. The third-order valence-corrected chi connectivity index (χ3v) is 6.47. The third kappa shape index (κ3) is 3.35. The lowest BCUT2D eigenvalue weighted by molar-refractivity contribution is 0.179. The van der Waals surface area contributed by atoms with Crippen molar-refractivity contribution in [3.05, 3.63) is 35.0 Å². The summed E-state index contributed by atoms with van der Waals surface area (Å²) in [6.07, 6.45) is 2.46. The van der Waals surface area contributed by atoms with E-state index in [1.807, 2.05) is 32.0 Å². The molecule has 2 heterocycles. The smallest absolute Gasteiger partial charge is 0.405 e. The minimum atomic E-state index is -0.955. The van der Waals surface area contributed by atoms with Crippen molar-refractivity contribution in [1.82, 2.24) is 15.3 Å². The number of fused-ring (bicyclic) bond motifs is 1. The van der Waals surface area contributed by atoms with Gasteiger partial charge in [0.05, 0.1) is 11.2 Å². The van der Waals surface area contributed by atoms with Crippen LogP contribution in [0.1, 0.15) is 25.3 Å². The number of hydrogen-bond acceptors (Lipinski definition) is 5. The number of carbonyl (C=O) groups is 1. The molecule has 2 fully saturated rings. The Balaban J connectivity index is 1.51. The highest BCUT2D eigenvalue weighted by Crippen LogP contribution is 2.44. The SMILES string of the molecule is Cc1cccc(-c2ncc(N3C[C@@H]4CC(C)(NC(=O)O)C[C@@H]4C3)nc2N)c1Cl. The van der Waals surface area contributed by atoms with Crippen LogP contribution in [0.15, 0.2) is 24.4 Å². The zero-order valence-corrected chi connectivity index (χ0v) is 16.7. The van der Waals surface area contributed by atoms with Gasteiger partial charge in [0.1, 0.15) is 11.5 Å². The molecule has 8 heteroatoms. The molecule has 0 spiro atoms. The molecule has 1 saturated heterocycles. The summed E-state index contributed by atoms with van der Waals surface area (Å²) in [5.41, 5.74) is 8.22. The van der Waals surface area contributed by atoms with E-state index in [-0.39, 0.29) is 5.54 Å². The molecule has 2 aromatic rings. The highest BCUT2D eigenvalue weighted by molar-refractivity contribution is 6.34. The third-order valence-electron chi connectivity index (χ3n) is 5.97. The first-order valence-corrected chi connectivity index (χ1v) is 9.77. The Morgan fingerprint density at radius 1 is 1.36 bits per heavy atom. The van der Waals surface area contributed by atoms with E-state index < -0.39 is 6.09 Å². The van der Waals surface area contributed by atoms with Gasteiger partial charge in [-0.05, 0) is 44.1 Å². The van der Waals surface area contributed by atoms with Gasteiger partial charge in [-0.2, -0.15) is 0 Å². The quantitative estimate of drug-likeness (QED) is 0.726. The summed E-state index contributed by atoms with van der Waals surface area (Å²) in [7, 11) is 0. The van der Waals surface area contributed by atoms with Crippen molar-refractivity contribution in [3.63, 3.8) is 0 Å². The number of nitrogens with one attached hydrogen (secondary N) is 1. The van der Waals surface area contributed by atoms with Crippen molar-refractivity contribution in [1.29, 1.82) is 0 Å². The average molecular weight is 402 g/mol. The summed E-state index contributed by atoms with van der Waals surface area (Å²) in [4.78, 5) is 22.4. The number of amides is 1. The van der Waals surface area contributed by atoms with Gasteiger partial charge >= 0.3 is 6.09 Å². The van der Waals surface area contributed by atoms with Gasteiger partial charge in [-0.15, -0.1) is 0 Å². The van der Waals surface area contributed by atoms with E-state index in [0.717, 1.165) is 42.9 Å². The fraction of sp³-hybridized carbons (Fsp3) is 0.450. The summed E-state index contributed by atoms with van der Waals surface area (Å²) in [5, 5.41) is 12.4. The van der Waals surface area contributed by atoms with Crippen LogP contribution in [-0.4, -0.2) is 39.8 Å². The minimum absolute atomic E-state index is 0.344. The molecule has 0 bridgehead atoms.